The molecule has 0 aliphatic heterocycles. The van der Waals surface area contributed by atoms with Crippen molar-refractivity contribution >= 4 is 22.3 Å². The van der Waals surface area contributed by atoms with Gasteiger partial charge in [0.05, 0.1) is 18.3 Å². The van der Waals surface area contributed by atoms with Gasteiger partial charge in [0.25, 0.3) is 0 Å². The molecule has 0 spiro atoms. The summed E-state index contributed by atoms with van der Waals surface area (Å²) in [7, 11) is 1.61. The smallest absolute Gasteiger partial charge is 0.232 e. The first kappa shape index (κ1) is 15.6. The molecule has 0 saturated carbocycles. The lowest BCUT2D eigenvalue weighted by Crippen LogP contribution is -2.15. The fourth-order valence-corrected chi connectivity index (χ4v) is 2.71. The molecule has 23 heavy (non-hydrogen) atoms. The fraction of sp³-hybridized carbons (Fsp3) is 0.200. The third-order valence-corrected chi connectivity index (χ3v) is 3.93. The zero-order valence-corrected chi connectivity index (χ0v) is 13.5. The summed E-state index contributed by atoms with van der Waals surface area (Å²) in [6.07, 6.45) is 0. The van der Waals surface area contributed by atoms with Crippen LogP contribution in [0.4, 0.5) is 0 Å². The number of benzene rings is 2. The zero-order valence-electron chi connectivity index (χ0n) is 12.7. The molecule has 1 atom stereocenters. The number of hydrogen-bond donors (Lipinski definition) is 2. The first-order chi connectivity index (χ1) is 11.1. The molecule has 0 aliphatic carbocycles. The number of ether oxygens (including phenoxy) is 1. The predicted octanol–water partition coefficient (Wildman–Crippen LogP) is 1.96. The molecule has 8 heteroatoms. The van der Waals surface area contributed by atoms with Crippen LogP contribution in [0.1, 0.15) is 11.1 Å². The highest BCUT2D eigenvalue weighted by Crippen LogP contribution is 2.23. The van der Waals surface area contributed by atoms with Crippen molar-refractivity contribution < 1.29 is 13.5 Å². The van der Waals surface area contributed by atoms with Crippen molar-refractivity contribution in [3.63, 3.8) is 0 Å². The minimum atomic E-state index is -2.02. The van der Waals surface area contributed by atoms with E-state index in [0.29, 0.717) is 6.54 Å². The summed E-state index contributed by atoms with van der Waals surface area (Å²) in [4.78, 5) is 0. The van der Waals surface area contributed by atoms with Crippen LogP contribution in [0.3, 0.4) is 0 Å². The molecule has 0 radical (unpaired) electrons. The van der Waals surface area contributed by atoms with Crippen LogP contribution in [-0.2, 0) is 17.8 Å². The van der Waals surface area contributed by atoms with E-state index in [0.717, 1.165) is 33.6 Å². The Balaban J connectivity index is 1.97. The molecule has 7 nitrogen and oxygen atoms in total. The van der Waals surface area contributed by atoms with Gasteiger partial charge in [0.1, 0.15) is 11.3 Å². The lowest BCUT2D eigenvalue weighted by molar-refractivity contribution is 0.415. The average molecular weight is 332 g/mol. The first-order valence-electron chi connectivity index (χ1n) is 6.92. The number of aromatic nitrogens is 3. The van der Waals surface area contributed by atoms with Crippen LogP contribution < -0.4 is 9.46 Å². The minimum Gasteiger partial charge on any atom is -0.497 e. The Morgan fingerprint density at radius 1 is 1.30 bits per heavy atom. The third-order valence-electron chi connectivity index (χ3n) is 3.54. The van der Waals surface area contributed by atoms with Gasteiger partial charge in [-0.05, 0) is 36.2 Å². The van der Waals surface area contributed by atoms with E-state index in [1.165, 1.54) is 0 Å². The molecule has 2 N–H and O–H groups in total. The third kappa shape index (κ3) is 3.24. The summed E-state index contributed by atoms with van der Waals surface area (Å²) in [5.74, 6) is 0.736. The molecule has 3 aromatic rings. The molecule has 1 unspecified atom stereocenters. The van der Waals surface area contributed by atoms with Crippen molar-refractivity contribution in [3.05, 3.63) is 47.5 Å². The van der Waals surface area contributed by atoms with E-state index in [1.54, 1.807) is 11.8 Å². The molecule has 0 aliphatic rings. The second-order valence-corrected chi connectivity index (χ2v) is 5.83. The van der Waals surface area contributed by atoms with Gasteiger partial charge in [0.2, 0.25) is 11.3 Å². The van der Waals surface area contributed by atoms with E-state index >= 15 is 0 Å². The van der Waals surface area contributed by atoms with Crippen molar-refractivity contribution in [2.75, 3.05) is 7.11 Å². The van der Waals surface area contributed by atoms with Crippen molar-refractivity contribution in [1.29, 1.82) is 0 Å². The van der Waals surface area contributed by atoms with Gasteiger partial charge < -0.3 is 4.74 Å². The van der Waals surface area contributed by atoms with E-state index in [4.69, 9.17) is 9.29 Å². The van der Waals surface area contributed by atoms with Crippen molar-refractivity contribution in [2.45, 2.75) is 13.5 Å². The highest BCUT2D eigenvalue weighted by molar-refractivity contribution is 7.77. The zero-order chi connectivity index (χ0) is 16.4. The Hall–Kier alpha value is -2.29. The largest absolute Gasteiger partial charge is 0.497 e. The summed E-state index contributed by atoms with van der Waals surface area (Å²) in [5.41, 5.74) is 4.46. The maximum absolute atomic E-state index is 10.7. The van der Waals surface area contributed by atoms with Crippen LogP contribution in [0.2, 0.25) is 0 Å². The quantitative estimate of drug-likeness (QED) is 0.697. The number of nitrogens with zero attached hydrogens (tertiary/aromatic N) is 3. The van der Waals surface area contributed by atoms with Gasteiger partial charge in [-0.2, -0.15) is 0 Å². The summed E-state index contributed by atoms with van der Waals surface area (Å²) >= 11 is -2.02. The van der Waals surface area contributed by atoms with Crippen molar-refractivity contribution in [1.82, 2.24) is 19.7 Å². The maximum Gasteiger partial charge on any atom is 0.232 e. The van der Waals surface area contributed by atoms with Crippen LogP contribution in [0.5, 0.6) is 5.75 Å². The molecule has 1 aromatic heterocycles. The van der Waals surface area contributed by atoms with E-state index in [9.17, 15) is 4.21 Å². The maximum atomic E-state index is 10.7. The Labute approximate surface area is 135 Å². The van der Waals surface area contributed by atoms with Crippen molar-refractivity contribution in [3.8, 4) is 11.4 Å². The number of methoxy groups -OCH3 is 1. The van der Waals surface area contributed by atoms with Gasteiger partial charge in [-0.25, -0.2) is 13.6 Å². The Morgan fingerprint density at radius 2 is 2.13 bits per heavy atom. The van der Waals surface area contributed by atoms with Crippen molar-refractivity contribution in [2.24, 2.45) is 0 Å². The number of nitrogens with one attached hydrogen (secondary N) is 1. The van der Waals surface area contributed by atoms with Crippen LogP contribution >= 0.6 is 0 Å². The van der Waals surface area contributed by atoms with E-state index < -0.39 is 11.3 Å². The molecular formula is C15H16N4O3S. The molecule has 0 amide bonds. The molecule has 0 fully saturated rings. The first-order valence-corrected chi connectivity index (χ1v) is 8.03. The SMILES string of the molecule is COc1ccc2c(c1)nnn2-c1ccc(CNS(=O)O)cc1C. The highest BCUT2D eigenvalue weighted by atomic mass is 32.2. The van der Waals surface area contributed by atoms with Gasteiger partial charge in [0.15, 0.2) is 0 Å². The second kappa shape index (κ2) is 6.45. The molecule has 1 heterocycles. The number of aryl methyl sites for hydroxylation is 1. The monoisotopic (exact) mass is 332 g/mol. The van der Waals surface area contributed by atoms with Gasteiger partial charge in [-0.3, -0.25) is 4.55 Å². The molecule has 3 rings (SSSR count). The van der Waals surface area contributed by atoms with Gasteiger partial charge in [0, 0.05) is 12.6 Å². The summed E-state index contributed by atoms with van der Waals surface area (Å²) in [6, 6.07) is 11.4. The average Bonchev–Trinajstić information content (AvgIpc) is 2.95. The van der Waals surface area contributed by atoms with E-state index in [1.807, 2.05) is 43.3 Å². The second-order valence-electron chi connectivity index (χ2n) is 5.05. The molecule has 2 aromatic carbocycles. The summed E-state index contributed by atoms with van der Waals surface area (Å²) in [5, 5.41) is 8.39. The fourth-order valence-electron chi connectivity index (χ4n) is 2.42. The molecular weight excluding hydrogens is 316 g/mol. The number of hydrogen-bond acceptors (Lipinski definition) is 4. The van der Waals surface area contributed by atoms with Gasteiger partial charge >= 0.3 is 0 Å². The summed E-state index contributed by atoms with van der Waals surface area (Å²) in [6.45, 7) is 2.28. The Kier molecular flexibility index (Phi) is 4.37. The summed E-state index contributed by atoms with van der Waals surface area (Å²) < 4.78 is 28.9. The normalized spacial score (nSPS) is 12.5. The van der Waals surface area contributed by atoms with Crippen LogP contribution in [0.15, 0.2) is 36.4 Å². The van der Waals surface area contributed by atoms with Crippen LogP contribution in [-0.4, -0.2) is 30.9 Å². The van der Waals surface area contributed by atoms with E-state index in [-0.39, 0.29) is 0 Å². The highest BCUT2D eigenvalue weighted by Gasteiger charge is 2.10. The number of fused-ring (bicyclic) bond motifs is 1. The number of rotatable bonds is 5. The molecule has 0 saturated heterocycles. The van der Waals surface area contributed by atoms with Crippen LogP contribution in [0.25, 0.3) is 16.7 Å². The molecule has 0 bridgehead atoms. The lowest BCUT2D eigenvalue weighted by atomic mass is 10.1. The Bertz CT molecular complexity index is 878. The molecule has 120 valence electrons. The standard InChI is InChI=1S/C15H16N4O3S/c1-10-7-11(9-16-23(20)21)3-5-14(10)19-15-6-4-12(22-2)8-13(15)17-18-19/h3-8,16H,9H2,1-2H3,(H,20,21). The topological polar surface area (TPSA) is 89.3 Å². The van der Waals surface area contributed by atoms with Crippen LogP contribution in [0, 0.1) is 6.92 Å². The van der Waals surface area contributed by atoms with Gasteiger partial charge in [-0.1, -0.05) is 17.3 Å². The minimum absolute atomic E-state index is 0.319. The lowest BCUT2D eigenvalue weighted by Gasteiger charge is -2.09. The Morgan fingerprint density at radius 3 is 2.83 bits per heavy atom. The van der Waals surface area contributed by atoms with Gasteiger partial charge in [-0.15, -0.1) is 5.10 Å². The predicted molar refractivity (Wildman–Crippen MR) is 87.8 cm³/mol. The van der Waals surface area contributed by atoms with E-state index in [2.05, 4.69) is 15.0 Å².